The SMILES string of the molecule is CCOC(=O)Cc1nc(/N=C2\NC(=O)CS2)sc1C. The van der Waals surface area contributed by atoms with Crippen LogP contribution in [-0.4, -0.2) is 34.4 Å². The van der Waals surface area contributed by atoms with Crippen LogP contribution in [0.25, 0.3) is 0 Å². The van der Waals surface area contributed by atoms with E-state index < -0.39 is 0 Å². The molecule has 1 aliphatic rings. The first kappa shape index (κ1) is 14.0. The lowest BCUT2D eigenvalue weighted by Crippen LogP contribution is -2.19. The van der Waals surface area contributed by atoms with Gasteiger partial charge < -0.3 is 10.1 Å². The molecule has 0 bridgehead atoms. The number of amides is 1. The molecule has 0 radical (unpaired) electrons. The van der Waals surface area contributed by atoms with Crippen molar-refractivity contribution in [3.05, 3.63) is 10.6 Å². The Morgan fingerprint density at radius 1 is 1.58 bits per heavy atom. The number of hydrogen-bond acceptors (Lipinski definition) is 7. The van der Waals surface area contributed by atoms with E-state index in [1.807, 2.05) is 6.92 Å². The van der Waals surface area contributed by atoms with Gasteiger partial charge in [-0.05, 0) is 13.8 Å². The molecule has 1 saturated heterocycles. The highest BCUT2D eigenvalue weighted by Crippen LogP contribution is 2.26. The zero-order chi connectivity index (χ0) is 13.8. The van der Waals surface area contributed by atoms with Crippen molar-refractivity contribution in [2.24, 2.45) is 4.99 Å². The Kier molecular flexibility index (Phi) is 4.54. The summed E-state index contributed by atoms with van der Waals surface area (Å²) in [6, 6.07) is 0. The molecule has 6 nitrogen and oxygen atoms in total. The largest absolute Gasteiger partial charge is 0.466 e. The molecule has 2 heterocycles. The van der Waals surface area contributed by atoms with Gasteiger partial charge in [-0.1, -0.05) is 23.1 Å². The van der Waals surface area contributed by atoms with E-state index in [4.69, 9.17) is 4.74 Å². The number of carbonyl (C=O) groups excluding carboxylic acids is 2. The van der Waals surface area contributed by atoms with Crippen molar-refractivity contribution in [3.8, 4) is 0 Å². The van der Waals surface area contributed by atoms with Crippen molar-refractivity contribution in [2.45, 2.75) is 20.3 Å². The first-order valence-corrected chi connectivity index (χ1v) is 7.52. The van der Waals surface area contributed by atoms with Crippen LogP contribution >= 0.6 is 23.1 Å². The maximum absolute atomic E-state index is 11.4. The molecule has 8 heteroatoms. The molecule has 1 amide bonds. The molecule has 0 aromatic carbocycles. The topological polar surface area (TPSA) is 80.7 Å². The molecule has 1 aliphatic heterocycles. The molecule has 0 atom stereocenters. The van der Waals surface area contributed by atoms with Crippen LogP contribution < -0.4 is 5.32 Å². The maximum atomic E-state index is 11.4. The maximum Gasteiger partial charge on any atom is 0.311 e. The standard InChI is InChI=1S/C11H13N3O3S2/c1-3-17-9(16)4-7-6(2)19-11(12-7)14-10-13-8(15)5-18-10/h3-5H2,1-2H3,(H,12,13,14,15). The minimum atomic E-state index is -0.293. The van der Waals surface area contributed by atoms with E-state index in [0.717, 1.165) is 4.88 Å². The van der Waals surface area contributed by atoms with Gasteiger partial charge in [0.1, 0.15) is 0 Å². The Morgan fingerprint density at radius 3 is 3.00 bits per heavy atom. The number of nitrogens with one attached hydrogen (secondary N) is 1. The number of aliphatic imine (C=N–C) groups is 1. The summed E-state index contributed by atoms with van der Waals surface area (Å²) in [6.07, 6.45) is 0.153. The lowest BCUT2D eigenvalue weighted by molar-refractivity contribution is -0.142. The van der Waals surface area contributed by atoms with Gasteiger partial charge in [0.05, 0.1) is 24.5 Å². The highest BCUT2D eigenvalue weighted by molar-refractivity contribution is 8.15. The number of hydrogen-bond donors (Lipinski definition) is 1. The fourth-order valence-corrected chi connectivity index (χ4v) is 2.98. The zero-order valence-corrected chi connectivity index (χ0v) is 12.2. The predicted molar refractivity (Wildman–Crippen MR) is 74.9 cm³/mol. The van der Waals surface area contributed by atoms with E-state index in [-0.39, 0.29) is 18.3 Å². The molecule has 1 N–H and O–H groups in total. The molecule has 1 aromatic heterocycles. The summed E-state index contributed by atoms with van der Waals surface area (Å²) in [5.41, 5.74) is 0.678. The normalized spacial score (nSPS) is 16.7. The van der Waals surface area contributed by atoms with E-state index in [1.54, 1.807) is 6.92 Å². The number of carbonyl (C=O) groups is 2. The summed E-state index contributed by atoms with van der Waals surface area (Å²) in [4.78, 5) is 31.9. The Bertz CT molecular complexity index is 539. The molecule has 0 aliphatic carbocycles. The van der Waals surface area contributed by atoms with Crippen LogP contribution in [0.5, 0.6) is 0 Å². The van der Waals surface area contributed by atoms with Crippen LogP contribution in [0.1, 0.15) is 17.5 Å². The third kappa shape index (κ3) is 3.77. The molecule has 0 saturated carbocycles. The second-order valence-corrected chi connectivity index (χ2v) is 5.88. The Morgan fingerprint density at radius 2 is 2.37 bits per heavy atom. The number of rotatable bonds is 4. The lowest BCUT2D eigenvalue weighted by atomic mass is 10.3. The minimum absolute atomic E-state index is 0.0521. The van der Waals surface area contributed by atoms with E-state index in [1.165, 1.54) is 23.1 Å². The molecule has 1 fully saturated rings. The number of aromatic nitrogens is 1. The summed E-state index contributed by atoms with van der Waals surface area (Å²) in [5, 5.41) is 3.74. The quantitative estimate of drug-likeness (QED) is 0.850. The van der Waals surface area contributed by atoms with E-state index in [0.29, 0.717) is 28.4 Å². The number of thiazole rings is 1. The summed E-state index contributed by atoms with van der Waals surface area (Å²) in [7, 11) is 0. The Hall–Kier alpha value is -1.41. The number of thioether (sulfide) groups is 1. The molecule has 0 unspecified atom stereocenters. The second-order valence-electron chi connectivity index (χ2n) is 3.73. The second kappa shape index (κ2) is 6.16. The van der Waals surface area contributed by atoms with Crippen LogP contribution in [0.15, 0.2) is 4.99 Å². The predicted octanol–water partition coefficient (Wildman–Crippen LogP) is 1.41. The average molecular weight is 299 g/mol. The van der Waals surface area contributed by atoms with E-state index >= 15 is 0 Å². The first-order valence-electron chi connectivity index (χ1n) is 5.71. The van der Waals surface area contributed by atoms with Gasteiger partial charge in [0.15, 0.2) is 5.17 Å². The van der Waals surface area contributed by atoms with Crippen LogP contribution in [-0.2, 0) is 20.7 Å². The molecule has 2 rings (SSSR count). The molecular formula is C11H13N3O3S2. The summed E-state index contributed by atoms with van der Waals surface area (Å²) in [5.74, 6) is 0.0428. The summed E-state index contributed by atoms with van der Waals surface area (Å²) in [6.45, 7) is 4.01. The number of nitrogens with zero attached hydrogens (tertiary/aromatic N) is 2. The van der Waals surface area contributed by atoms with Crippen molar-refractivity contribution >= 4 is 45.3 Å². The van der Waals surface area contributed by atoms with Crippen LogP contribution in [0.4, 0.5) is 5.13 Å². The van der Waals surface area contributed by atoms with Gasteiger partial charge in [0.25, 0.3) is 0 Å². The van der Waals surface area contributed by atoms with E-state index in [9.17, 15) is 9.59 Å². The van der Waals surface area contributed by atoms with Gasteiger partial charge in [0, 0.05) is 4.88 Å². The summed E-state index contributed by atoms with van der Waals surface area (Å²) < 4.78 is 4.89. The van der Waals surface area contributed by atoms with E-state index in [2.05, 4.69) is 15.3 Å². The lowest BCUT2D eigenvalue weighted by Gasteiger charge is -1.99. The Balaban J connectivity index is 2.08. The molecule has 1 aromatic rings. The van der Waals surface area contributed by atoms with Crippen LogP contribution in [0.2, 0.25) is 0 Å². The van der Waals surface area contributed by atoms with Crippen molar-refractivity contribution in [1.29, 1.82) is 0 Å². The summed E-state index contributed by atoms with van der Waals surface area (Å²) >= 11 is 2.74. The van der Waals surface area contributed by atoms with Gasteiger partial charge in [-0.2, -0.15) is 4.99 Å². The van der Waals surface area contributed by atoms with Crippen molar-refractivity contribution in [2.75, 3.05) is 12.4 Å². The van der Waals surface area contributed by atoms with Gasteiger partial charge >= 0.3 is 5.97 Å². The van der Waals surface area contributed by atoms with Crippen molar-refractivity contribution < 1.29 is 14.3 Å². The van der Waals surface area contributed by atoms with Crippen molar-refractivity contribution in [1.82, 2.24) is 10.3 Å². The molecule has 102 valence electrons. The van der Waals surface area contributed by atoms with Gasteiger partial charge in [-0.15, -0.1) is 0 Å². The molecule has 0 spiro atoms. The fourth-order valence-electron chi connectivity index (χ4n) is 1.45. The third-order valence-electron chi connectivity index (χ3n) is 2.28. The number of ether oxygens (including phenoxy) is 1. The monoisotopic (exact) mass is 299 g/mol. The van der Waals surface area contributed by atoms with Gasteiger partial charge in [-0.3, -0.25) is 9.59 Å². The van der Waals surface area contributed by atoms with Crippen LogP contribution in [0.3, 0.4) is 0 Å². The Labute approximate surface area is 118 Å². The fraction of sp³-hybridized carbons (Fsp3) is 0.455. The number of esters is 1. The highest BCUT2D eigenvalue weighted by Gasteiger charge is 2.18. The molecule has 19 heavy (non-hydrogen) atoms. The average Bonchev–Trinajstić information content (AvgIpc) is 2.87. The minimum Gasteiger partial charge on any atom is -0.466 e. The molecular weight excluding hydrogens is 286 g/mol. The van der Waals surface area contributed by atoms with Gasteiger partial charge in [-0.25, -0.2) is 4.98 Å². The number of aryl methyl sites for hydroxylation is 1. The van der Waals surface area contributed by atoms with Crippen LogP contribution in [0, 0.1) is 6.92 Å². The highest BCUT2D eigenvalue weighted by atomic mass is 32.2. The van der Waals surface area contributed by atoms with Gasteiger partial charge in [0.2, 0.25) is 11.0 Å². The smallest absolute Gasteiger partial charge is 0.311 e. The van der Waals surface area contributed by atoms with Crippen molar-refractivity contribution in [3.63, 3.8) is 0 Å². The first-order chi connectivity index (χ1) is 9.08. The number of amidine groups is 1. The zero-order valence-electron chi connectivity index (χ0n) is 10.6. The third-order valence-corrected chi connectivity index (χ3v) is 4.06.